The number of carboxylic acids is 1. The van der Waals surface area contributed by atoms with Crippen LogP contribution in [0.15, 0.2) is 6.07 Å². The molecule has 4 rings (SSSR count). The van der Waals surface area contributed by atoms with Gasteiger partial charge in [-0.15, -0.1) is 11.3 Å². The van der Waals surface area contributed by atoms with Gasteiger partial charge in [0.15, 0.2) is 0 Å². The third kappa shape index (κ3) is 8.04. The van der Waals surface area contributed by atoms with Crippen molar-refractivity contribution in [3.63, 3.8) is 0 Å². The molecule has 1 aliphatic heterocycles. The van der Waals surface area contributed by atoms with Crippen LogP contribution < -0.4 is 4.90 Å². The summed E-state index contributed by atoms with van der Waals surface area (Å²) in [5.41, 5.74) is -0.157. The fourth-order valence-corrected chi connectivity index (χ4v) is 7.37. The zero-order valence-corrected chi connectivity index (χ0v) is 26.8. The van der Waals surface area contributed by atoms with E-state index < -0.39 is 11.6 Å². The van der Waals surface area contributed by atoms with E-state index in [0.29, 0.717) is 24.7 Å². The maximum absolute atomic E-state index is 14.2. The molecule has 2 aliphatic carbocycles. The number of nitrogens with zero attached hydrogens (tertiary/aromatic N) is 2. The SMILES string of the molecule is CC1CCC(C(=O)N(c2cc(C(C)(C)C)sc2C(=O)O)C2CCC(O[C@H]3CCN(C(=O)OC(C)(C)C)C3)CC2)CC1. The first-order chi connectivity index (χ1) is 19.1. The van der Waals surface area contributed by atoms with Crippen LogP contribution in [0.2, 0.25) is 0 Å². The van der Waals surface area contributed by atoms with Crippen LogP contribution in [-0.4, -0.2) is 64.9 Å². The van der Waals surface area contributed by atoms with Crippen molar-refractivity contribution in [3.8, 4) is 0 Å². The Morgan fingerprint density at radius 2 is 1.56 bits per heavy atom. The Balaban J connectivity index is 1.46. The number of carbonyl (C=O) groups excluding carboxylic acids is 2. The molecule has 41 heavy (non-hydrogen) atoms. The molecule has 1 aromatic rings. The van der Waals surface area contributed by atoms with E-state index in [0.717, 1.165) is 62.7 Å². The van der Waals surface area contributed by atoms with Crippen molar-refractivity contribution in [2.75, 3.05) is 18.0 Å². The highest BCUT2D eigenvalue weighted by Gasteiger charge is 2.39. The van der Waals surface area contributed by atoms with Gasteiger partial charge >= 0.3 is 12.1 Å². The van der Waals surface area contributed by atoms with Crippen molar-refractivity contribution >= 4 is 35.0 Å². The summed E-state index contributed by atoms with van der Waals surface area (Å²) in [4.78, 5) is 43.9. The highest BCUT2D eigenvalue weighted by molar-refractivity contribution is 7.14. The van der Waals surface area contributed by atoms with Gasteiger partial charge in [0.05, 0.1) is 24.4 Å². The Morgan fingerprint density at radius 3 is 2.12 bits per heavy atom. The van der Waals surface area contributed by atoms with Crippen molar-refractivity contribution in [1.29, 1.82) is 0 Å². The van der Waals surface area contributed by atoms with Crippen molar-refractivity contribution in [1.82, 2.24) is 4.90 Å². The second kappa shape index (κ2) is 12.6. The lowest BCUT2D eigenvalue weighted by Gasteiger charge is -2.40. The van der Waals surface area contributed by atoms with Crippen LogP contribution in [0.25, 0.3) is 0 Å². The lowest BCUT2D eigenvalue weighted by Crippen LogP contribution is -2.47. The normalized spacial score (nSPS) is 27.5. The van der Waals surface area contributed by atoms with Gasteiger partial charge in [0.1, 0.15) is 10.5 Å². The van der Waals surface area contributed by atoms with Gasteiger partial charge in [0.25, 0.3) is 0 Å². The molecule has 2 amide bonds. The molecule has 1 saturated heterocycles. The zero-order valence-electron chi connectivity index (χ0n) is 26.0. The van der Waals surface area contributed by atoms with Gasteiger partial charge in [0.2, 0.25) is 5.91 Å². The molecule has 0 bridgehead atoms. The van der Waals surface area contributed by atoms with Crippen molar-refractivity contribution < 1.29 is 29.0 Å². The molecule has 230 valence electrons. The third-order valence-electron chi connectivity index (χ3n) is 8.70. The first-order valence-electron chi connectivity index (χ1n) is 15.5. The van der Waals surface area contributed by atoms with Crippen LogP contribution in [0.5, 0.6) is 0 Å². The number of carboxylic acid groups (broad SMARTS) is 1. The fourth-order valence-electron chi connectivity index (χ4n) is 6.33. The Bertz CT molecular complexity index is 1090. The van der Waals surface area contributed by atoms with E-state index in [9.17, 15) is 19.5 Å². The second-order valence-electron chi connectivity index (χ2n) is 14.4. The number of rotatable bonds is 6. The molecule has 1 atom stereocenters. The van der Waals surface area contributed by atoms with Gasteiger partial charge in [-0.1, -0.05) is 27.7 Å². The first kappa shape index (κ1) is 31.8. The minimum absolute atomic E-state index is 0.0177. The maximum Gasteiger partial charge on any atom is 0.410 e. The van der Waals surface area contributed by atoms with Gasteiger partial charge < -0.3 is 24.4 Å². The van der Waals surface area contributed by atoms with Gasteiger partial charge in [0, 0.05) is 23.4 Å². The summed E-state index contributed by atoms with van der Waals surface area (Å²) >= 11 is 1.30. The van der Waals surface area contributed by atoms with E-state index in [4.69, 9.17) is 9.47 Å². The van der Waals surface area contributed by atoms with Crippen LogP contribution >= 0.6 is 11.3 Å². The number of aromatic carboxylic acids is 1. The first-order valence-corrected chi connectivity index (χ1v) is 16.3. The largest absolute Gasteiger partial charge is 0.477 e. The highest BCUT2D eigenvalue weighted by atomic mass is 32.1. The van der Waals surface area contributed by atoms with Crippen LogP contribution in [0.4, 0.5) is 10.5 Å². The molecule has 0 unspecified atom stereocenters. The summed E-state index contributed by atoms with van der Waals surface area (Å²) < 4.78 is 12.0. The molecule has 3 fully saturated rings. The minimum atomic E-state index is -0.969. The van der Waals surface area contributed by atoms with Crippen molar-refractivity contribution in [2.24, 2.45) is 11.8 Å². The van der Waals surface area contributed by atoms with Gasteiger partial charge in [-0.05, 0) is 96.0 Å². The number of hydrogen-bond donors (Lipinski definition) is 1. The molecule has 0 aromatic carbocycles. The zero-order chi connectivity index (χ0) is 30.1. The van der Waals surface area contributed by atoms with Gasteiger partial charge in [-0.3, -0.25) is 4.79 Å². The summed E-state index contributed by atoms with van der Waals surface area (Å²) in [6, 6.07) is 1.91. The lowest BCUT2D eigenvalue weighted by atomic mass is 9.81. The summed E-state index contributed by atoms with van der Waals surface area (Å²) in [7, 11) is 0. The van der Waals surface area contributed by atoms with E-state index in [2.05, 4.69) is 27.7 Å². The molecule has 1 N–H and O–H groups in total. The average Bonchev–Trinajstić information content (AvgIpc) is 3.53. The summed E-state index contributed by atoms with van der Waals surface area (Å²) in [5.74, 6) is -0.309. The number of ether oxygens (including phenoxy) is 2. The Morgan fingerprint density at radius 1 is 0.927 bits per heavy atom. The Labute approximate surface area is 249 Å². The van der Waals surface area contributed by atoms with E-state index in [1.807, 2.05) is 31.7 Å². The summed E-state index contributed by atoms with van der Waals surface area (Å²) in [6.45, 7) is 15.3. The average molecular weight is 591 g/mol. The van der Waals surface area contributed by atoms with E-state index >= 15 is 0 Å². The second-order valence-corrected chi connectivity index (χ2v) is 15.5. The molecular formula is C32H50N2O6S. The number of carbonyl (C=O) groups is 3. The van der Waals surface area contributed by atoms with Gasteiger partial charge in [-0.25, -0.2) is 9.59 Å². The Hall–Kier alpha value is -2.13. The van der Waals surface area contributed by atoms with Gasteiger partial charge in [-0.2, -0.15) is 0 Å². The number of likely N-dealkylation sites (tertiary alicyclic amines) is 1. The van der Waals surface area contributed by atoms with E-state index in [1.165, 1.54) is 11.3 Å². The smallest absolute Gasteiger partial charge is 0.410 e. The molecule has 1 aromatic heterocycles. The van der Waals surface area contributed by atoms with E-state index in [1.54, 1.807) is 4.90 Å². The third-order valence-corrected chi connectivity index (χ3v) is 10.2. The molecule has 2 saturated carbocycles. The molecule has 8 nitrogen and oxygen atoms in total. The minimum Gasteiger partial charge on any atom is -0.477 e. The number of hydrogen-bond acceptors (Lipinski definition) is 6. The predicted molar refractivity (Wildman–Crippen MR) is 162 cm³/mol. The standard InChI is InChI=1S/C32H50N2O6S/c1-20-8-10-21(11-9-20)28(35)34(25-18-26(31(2,3)4)41-27(25)29(36)37)22-12-14-23(15-13-22)39-24-16-17-33(19-24)30(38)40-32(5,6)7/h18,20-24H,8-17,19H2,1-7H3,(H,36,37)/t20?,21?,22?,23?,24-/m0/s1. The number of amides is 2. The quantitative estimate of drug-likeness (QED) is 0.375. The summed E-state index contributed by atoms with van der Waals surface area (Å²) in [6.07, 6.45) is 7.48. The lowest BCUT2D eigenvalue weighted by molar-refractivity contribution is -0.124. The molecule has 9 heteroatoms. The predicted octanol–water partition coefficient (Wildman–Crippen LogP) is 7.24. The Kier molecular flexibility index (Phi) is 9.79. The number of anilines is 1. The van der Waals surface area contributed by atoms with Crippen molar-refractivity contribution in [3.05, 3.63) is 15.8 Å². The van der Waals surface area contributed by atoms with Crippen LogP contribution in [0.3, 0.4) is 0 Å². The van der Waals surface area contributed by atoms with E-state index in [-0.39, 0.29) is 46.5 Å². The molecule has 2 heterocycles. The van der Waals surface area contributed by atoms with Crippen LogP contribution in [0, 0.1) is 11.8 Å². The molecular weight excluding hydrogens is 540 g/mol. The monoisotopic (exact) mass is 590 g/mol. The van der Waals surface area contributed by atoms with Crippen molar-refractivity contribution in [2.45, 2.75) is 136 Å². The van der Waals surface area contributed by atoms with Crippen LogP contribution in [0.1, 0.15) is 121 Å². The van der Waals surface area contributed by atoms with Crippen LogP contribution in [-0.2, 0) is 19.7 Å². The topological polar surface area (TPSA) is 96.4 Å². The highest BCUT2D eigenvalue weighted by Crippen LogP contribution is 2.42. The maximum atomic E-state index is 14.2. The molecule has 0 radical (unpaired) electrons. The molecule has 0 spiro atoms. The summed E-state index contributed by atoms with van der Waals surface area (Å²) in [5, 5.41) is 10.2. The molecule has 3 aliphatic rings. The number of thiophene rings is 1. The fraction of sp³-hybridized carbons (Fsp3) is 0.781.